The lowest BCUT2D eigenvalue weighted by molar-refractivity contribution is 0.0124. The summed E-state index contributed by atoms with van der Waals surface area (Å²) in [6, 6.07) is 0.538. The molecular formula is C12H26N2O2. The second kappa shape index (κ2) is 7.22. The van der Waals surface area contributed by atoms with Crippen LogP contribution in [0, 0.1) is 0 Å². The molecule has 1 rings (SSSR count). The fourth-order valence-corrected chi connectivity index (χ4v) is 2.07. The minimum absolute atomic E-state index is 0.263. The van der Waals surface area contributed by atoms with Gasteiger partial charge in [-0.05, 0) is 25.9 Å². The highest BCUT2D eigenvalue weighted by Gasteiger charge is 2.28. The van der Waals surface area contributed by atoms with Crippen molar-refractivity contribution in [2.75, 3.05) is 33.3 Å². The molecule has 4 nitrogen and oxygen atoms in total. The lowest BCUT2D eigenvalue weighted by Crippen LogP contribution is -2.49. The van der Waals surface area contributed by atoms with E-state index in [2.05, 4.69) is 24.1 Å². The van der Waals surface area contributed by atoms with Crippen LogP contribution in [0.1, 0.15) is 26.7 Å². The van der Waals surface area contributed by atoms with Crippen molar-refractivity contribution in [2.24, 2.45) is 0 Å². The summed E-state index contributed by atoms with van der Waals surface area (Å²) >= 11 is 0. The Labute approximate surface area is 99.0 Å². The van der Waals surface area contributed by atoms with Crippen molar-refractivity contribution >= 4 is 0 Å². The van der Waals surface area contributed by atoms with Crippen molar-refractivity contribution in [3.05, 3.63) is 0 Å². The molecule has 1 atom stereocenters. The van der Waals surface area contributed by atoms with Crippen molar-refractivity contribution < 1.29 is 9.84 Å². The Bertz CT molecular complexity index is 180. The summed E-state index contributed by atoms with van der Waals surface area (Å²) in [6.45, 7) is 7.71. The van der Waals surface area contributed by atoms with Crippen LogP contribution in [-0.4, -0.2) is 61.5 Å². The van der Waals surface area contributed by atoms with Gasteiger partial charge in [-0.3, -0.25) is 0 Å². The summed E-state index contributed by atoms with van der Waals surface area (Å²) in [6.07, 6.45) is 2.32. The van der Waals surface area contributed by atoms with Crippen LogP contribution in [0.5, 0.6) is 0 Å². The van der Waals surface area contributed by atoms with E-state index in [0.717, 1.165) is 32.5 Å². The zero-order chi connectivity index (χ0) is 12.0. The second-order valence-corrected chi connectivity index (χ2v) is 4.57. The fourth-order valence-electron chi connectivity index (χ4n) is 2.07. The number of methoxy groups -OCH3 is 1. The number of nitrogens with zero attached hydrogens (tertiary/aromatic N) is 1. The molecule has 0 aromatic rings. The number of aliphatic hydroxyl groups excluding tert-OH is 1. The summed E-state index contributed by atoms with van der Waals surface area (Å²) in [5.41, 5.74) is 0. The zero-order valence-corrected chi connectivity index (χ0v) is 10.8. The molecule has 0 radical (unpaired) electrons. The lowest BCUT2D eigenvalue weighted by Gasteiger charge is -2.35. The molecule has 0 saturated heterocycles. The van der Waals surface area contributed by atoms with Gasteiger partial charge in [0.15, 0.2) is 0 Å². The number of rotatable bonds is 8. The molecule has 1 saturated carbocycles. The summed E-state index contributed by atoms with van der Waals surface area (Å²) in [5, 5.41) is 13.2. The van der Waals surface area contributed by atoms with Crippen LogP contribution in [0.15, 0.2) is 0 Å². The van der Waals surface area contributed by atoms with E-state index in [4.69, 9.17) is 4.74 Å². The third kappa shape index (κ3) is 4.37. The molecule has 2 N–H and O–H groups in total. The molecule has 16 heavy (non-hydrogen) atoms. The average Bonchev–Trinajstić information content (AvgIpc) is 2.24. The zero-order valence-electron chi connectivity index (χ0n) is 10.8. The topological polar surface area (TPSA) is 44.7 Å². The first-order valence-electron chi connectivity index (χ1n) is 6.36. The standard InChI is InChI=1S/C12H26N2O2/c1-4-14(5-2)9-11(15)8-13-10-6-12(7-10)16-3/h10-13,15H,4-9H2,1-3H3. The van der Waals surface area contributed by atoms with Gasteiger partial charge in [0, 0.05) is 26.2 Å². The van der Waals surface area contributed by atoms with Gasteiger partial charge in [-0.1, -0.05) is 13.8 Å². The van der Waals surface area contributed by atoms with Gasteiger partial charge in [0.25, 0.3) is 0 Å². The number of nitrogens with one attached hydrogen (secondary N) is 1. The molecule has 4 heteroatoms. The van der Waals surface area contributed by atoms with Gasteiger partial charge < -0.3 is 20.1 Å². The molecule has 1 fully saturated rings. The number of aliphatic hydroxyl groups is 1. The summed E-state index contributed by atoms with van der Waals surface area (Å²) in [5.74, 6) is 0. The Balaban J connectivity index is 2.04. The number of ether oxygens (including phenoxy) is 1. The third-order valence-electron chi connectivity index (χ3n) is 3.43. The van der Waals surface area contributed by atoms with Crippen LogP contribution in [0.2, 0.25) is 0 Å². The van der Waals surface area contributed by atoms with Crippen LogP contribution < -0.4 is 5.32 Å². The molecule has 0 aliphatic heterocycles. The van der Waals surface area contributed by atoms with Crippen molar-refractivity contribution in [1.29, 1.82) is 0 Å². The SMILES string of the molecule is CCN(CC)CC(O)CNC1CC(OC)C1. The third-order valence-corrected chi connectivity index (χ3v) is 3.43. The Morgan fingerprint density at radius 2 is 2.00 bits per heavy atom. The molecule has 96 valence electrons. The second-order valence-electron chi connectivity index (χ2n) is 4.57. The molecule has 1 aliphatic rings. The quantitative estimate of drug-likeness (QED) is 0.636. The van der Waals surface area contributed by atoms with E-state index in [1.54, 1.807) is 7.11 Å². The maximum absolute atomic E-state index is 9.84. The van der Waals surface area contributed by atoms with Crippen molar-refractivity contribution in [2.45, 2.75) is 44.9 Å². The smallest absolute Gasteiger partial charge is 0.0791 e. The van der Waals surface area contributed by atoms with E-state index < -0.39 is 0 Å². The van der Waals surface area contributed by atoms with E-state index >= 15 is 0 Å². The first kappa shape index (κ1) is 13.9. The van der Waals surface area contributed by atoms with Crippen molar-refractivity contribution in [3.63, 3.8) is 0 Å². The van der Waals surface area contributed by atoms with Crippen LogP contribution in [0.3, 0.4) is 0 Å². The van der Waals surface area contributed by atoms with Gasteiger partial charge in [-0.25, -0.2) is 0 Å². The van der Waals surface area contributed by atoms with Crippen molar-refractivity contribution in [3.8, 4) is 0 Å². The molecule has 0 bridgehead atoms. The fraction of sp³-hybridized carbons (Fsp3) is 1.00. The normalized spacial score (nSPS) is 26.8. The van der Waals surface area contributed by atoms with Crippen molar-refractivity contribution in [1.82, 2.24) is 10.2 Å². The average molecular weight is 230 g/mol. The van der Waals surface area contributed by atoms with Gasteiger partial charge in [0.1, 0.15) is 0 Å². The molecule has 0 spiro atoms. The maximum Gasteiger partial charge on any atom is 0.0791 e. The summed E-state index contributed by atoms with van der Waals surface area (Å²) in [4.78, 5) is 2.24. The van der Waals surface area contributed by atoms with Gasteiger partial charge in [-0.15, -0.1) is 0 Å². The van der Waals surface area contributed by atoms with Gasteiger partial charge in [-0.2, -0.15) is 0 Å². The summed E-state index contributed by atoms with van der Waals surface area (Å²) < 4.78 is 5.21. The molecular weight excluding hydrogens is 204 g/mol. The van der Waals surface area contributed by atoms with E-state index in [9.17, 15) is 5.11 Å². The minimum Gasteiger partial charge on any atom is -0.390 e. The molecule has 0 aromatic heterocycles. The Morgan fingerprint density at radius 3 is 2.50 bits per heavy atom. The highest BCUT2D eigenvalue weighted by molar-refractivity contribution is 4.86. The van der Waals surface area contributed by atoms with Gasteiger partial charge in [0.2, 0.25) is 0 Å². The van der Waals surface area contributed by atoms with E-state index in [0.29, 0.717) is 18.7 Å². The number of hydrogen-bond donors (Lipinski definition) is 2. The van der Waals surface area contributed by atoms with Crippen LogP contribution in [0.25, 0.3) is 0 Å². The van der Waals surface area contributed by atoms with Gasteiger partial charge in [0.05, 0.1) is 12.2 Å². The predicted octanol–water partition coefficient (Wildman–Crippen LogP) is 0.456. The monoisotopic (exact) mass is 230 g/mol. The molecule has 0 amide bonds. The molecule has 0 aromatic carbocycles. The maximum atomic E-state index is 9.84. The lowest BCUT2D eigenvalue weighted by atomic mass is 9.89. The largest absolute Gasteiger partial charge is 0.390 e. The van der Waals surface area contributed by atoms with Gasteiger partial charge >= 0.3 is 0 Å². The Morgan fingerprint density at radius 1 is 1.38 bits per heavy atom. The Hall–Kier alpha value is -0.160. The Kier molecular flexibility index (Phi) is 6.28. The highest BCUT2D eigenvalue weighted by Crippen LogP contribution is 2.22. The molecule has 0 heterocycles. The van der Waals surface area contributed by atoms with E-state index in [-0.39, 0.29) is 6.10 Å². The molecule has 1 unspecified atom stereocenters. The minimum atomic E-state index is -0.263. The highest BCUT2D eigenvalue weighted by atomic mass is 16.5. The number of likely N-dealkylation sites (N-methyl/N-ethyl adjacent to an activating group) is 1. The van der Waals surface area contributed by atoms with Crippen LogP contribution >= 0.6 is 0 Å². The number of hydrogen-bond acceptors (Lipinski definition) is 4. The predicted molar refractivity (Wildman–Crippen MR) is 65.6 cm³/mol. The van der Waals surface area contributed by atoms with Crippen LogP contribution in [0.4, 0.5) is 0 Å². The van der Waals surface area contributed by atoms with Crippen LogP contribution in [-0.2, 0) is 4.74 Å². The first-order valence-corrected chi connectivity index (χ1v) is 6.36. The summed E-state index contributed by atoms with van der Waals surface area (Å²) in [7, 11) is 1.76. The first-order chi connectivity index (χ1) is 7.69. The van der Waals surface area contributed by atoms with E-state index in [1.807, 2.05) is 0 Å². The molecule has 1 aliphatic carbocycles. The van der Waals surface area contributed by atoms with E-state index in [1.165, 1.54) is 0 Å².